The Bertz CT molecular complexity index is 830. The van der Waals surface area contributed by atoms with E-state index in [1.165, 1.54) is 30.0 Å². The molecule has 0 aromatic carbocycles. The highest BCUT2D eigenvalue weighted by molar-refractivity contribution is 14.1. The SMILES string of the molecule is COc1cnc(-c2nc3ccc(C(F)(F)F)cn3c2I)cn1. The Labute approximate surface area is 136 Å². The summed E-state index contributed by atoms with van der Waals surface area (Å²) in [6.45, 7) is 0. The molecule has 0 radical (unpaired) electrons. The summed E-state index contributed by atoms with van der Waals surface area (Å²) in [4.78, 5) is 12.5. The van der Waals surface area contributed by atoms with Crippen LogP contribution in [0.5, 0.6) is 5.88 Å². The van der Waals surface area contributed by atoms with Crippen molar-refractivity contribution in [3.05, 3.63) is 40.0 Å². The molecule has 0 spiro atoms. The summed E-state index contributed by atoms with van der Waals surface area (Å²) in [5.41, 5.74) is 0.602. The number of imidazole rings is 1. The molecule has 9 heteroatoms. The lowest BCUT2D eigenvalue weighted by Crippen LogP contribution is -2.06. The second-order valence-electron chi connectivity index (χ2n) is 4.34. The average molecular weight is 420 g/mol. The van der Waals surface area contributed by atoms with Crippen LogP contribution in [0.25, 0.3) is 17.0 Å². The standard InChI is InChI=1S/C13H8F3IN4O/c1-22-10-5-18-8(4-19-10)11-12(17)21-6-7(13(14,15)16)2-3-9(21)20-11/h2-6H,1H3. The fraction of sp³-hybridized carbons (Fsp3) is 0.154. The minimum atomic E-state index is -4.40. The molecule has 3 rings (SSSR count). The van der Waals surface area contributed by atoms with Gasteiger partial charge in [0.1, 0.15) is 20.7 Å². The molecule has 0 fully saturated rings. The van der Waals surface area contributed by atoms with Gasteiger partial charge in [-0.3, -0.25) is 4.40 Å². The number of hydrogen-bond acceptors (Lipinski definition) is 4. The predicted molar refractivity (Wildman–Crippen MR) is 80.5 cm³/mol. The van der Waals surface area contributed by atoms with Gasteiger partial charge in [-0.25, -0.2) is 15.0 Å². The summed E-state index contributed by atoms with van der Waals surface area (Å²) < 4.78 is 45.2. The summed E-state index contributed by atoms with van der Waals surface area (Å²) in [7, 11) is 1.47. The van der Waals surface area contributed by atoms with Crippen molar-refractivity contribution in [3.63, 3.8) is 0 Å². The number of pyridine rings is 1. The lowest BCUT2D eigenvalue weighted by Gasteiger charge is -2.06. The van der Waals surface area contributed by atoms with E-state index in [1.54, 1.807) is 0 Å². The van der Waals surface area contributed by atoms with E-state index < -0.39 is 11.7 Å². The molecule has 3 aromatic rings. The first-order chi connectivity index (χ1) is 10.4. The van der Waals surface area contributed by atoms with Gasteiger partial charge < -0.3 is 4.74 Å². The lowest BCUT2D eigenvalue weighted by atomic mass is 10.3. The number of rotatable bonds is 2. The molecule has 0 aliphatic carbocycles. The normalized spacial score (nSPS) is 11.9. The Morgan fingerprint density at radius 3 is 2.55 bits per heavy atom. The summed E-state index contributed by atoms with van der Waals surface area (Å²) in [5, 5.41) is 0. The van der Waals surface area contributed by atoms with Crippen molar-refractivity contribution in [2.24, 2.45) is 0 Å². The molecular weight excluding hydrogens is 412 g/mol. The number of alkyl halides is 3. The van der Waals surface area contributed by atoms with Gasteiger partial charge in [-0.05, 0) is 34.7 Å². The monoisotopic (exact) mass is 420 g/mol. The number of hydrogen-bond donors (Lipinski definition) is 0. The van der Waals surface area contributed by atoms with E-state index in [4.69, 9.17) is 4.74 Å². The number of methoxy groups -OCH3 is 1. The molecule has 0 saturated carbocycles. The summed E-state index contributed by atoms with van der Waals surface area (Å²) in [5.74, 6) is 0.349. The molecule has 3 heterocycles. The number of halogens is 4. The van der Waals surface area contributed by atoms with Gasteiger partial charge in [0.2, 0.25) is 5.88 Å². The topological polar surface area (TPSA) is 52.3 Å². The fourth-order valence-corrected chi connectivity index (χ4v) is 2.67. The van der Waals surface area contributed by atoms with Crippen LogP contribution < -0.4 is 4.74 Å². The van der Waals surface area contributed by atoms with Crippen molar-refractivity contribution in [1.29, 1.82) is 0 Å². The molecular formula is C13H8F3IN4O. The maximum absolute atomic E-state index is 12.8. The molecule has 114 valence electrons. The smallest absolute Gasteiger partial charge is 0.417 e. The quantitative estimate of drug-likeness (QED) is 0.597. The van der Waals surface area contributed by atoms with E-state index in [0.29, 0.717) is 26.6 Å². The largest absolute Gasteiger partial charge is 0.480 e. The van der Waals surface area contributed by atoms with Crippen molar-refractivity contribution >= 4 is 28.2 Å². The van der Waals surface area contributed by atoms with Gasteiger partial charge in [-0.15, -0.1) is 0 Å². The minimum absolute atomic E-state index is 0.349. The van der Waals surface area contributed by atoms with Gasteiger partial charge in [0.05, 0.1) is 25.1 Å². The van der Waals surface area contributed by atoms with Crippen molar-refractivity contribution in [3.8, 4) is 17.3 Å². The van der Waals surface area contributed by atoms with Crippen LogP contribution in [-0.2, 0) is 6.18 Å². The van der Waals surface area contributed by atoms with E-state index in [1.807, 2.05) is 22.6 Å². The second-order valence-corrected chi connectivity index (χ2v) is 5.36. The van der Waals surface area contributed by atoms with Gasteiger partial charge in [0, 0.05) is 6.20 Å². The lowest BCUT2D eigenvalue weighted by molar-refractivity contribution is -0.137. The third kappa shape index (κ3) is 2.60. The fourth-order valence-electron chi connectivity index (χ4n) is 1.89. The van der Waals surface area contributed by atoms with E-state index >= 15 is 0 Å². The highest BCUT2D eigenvalue weighted by atomic mass is 127. The van der Waals surface area contributed by atoms with Gasteiger partial charge in [0.25, 0.3) is 0 Å². The Morgan fingerprint density at radius 1 is 1.18 bits per heavy atom. The van der Waals surface area contributed by atoms with Crippen molar-refractivity contribution in [2.45, 2.75) is 6.18 Å². The Morgan fingerprint density at radius 2 is 1.95 bits per heavy atom. The van der Waals surface area contributed by atoms with Crippen molar-refractivity contribution in [2.75, 3.05) is 7.11 Å². The van der Waals surface area contributed by atoms with E-state index in [9.17, 15) is 13.2 Å². The Kier molecular flexibility index (Phi) is 3.67. The van der Waals surface area contributed by atoms with Crippen LogP contribution in [0.1, 0.15) is 5.56 Å². The number of fused-ring (bicyclic) bond motifs is 1. The highest BCUT2D eigenvalue weighted by Gasteiger charge is 2.31. The van der Waals surface area contributed by atoms with E-state index in [0.717, 1.165) is 12.3 Å². The van der Waals surface area contributed by atoms with Crippen LogP contribution in [0.4, 0.5) is 13.2 Å². The highest BCUT2D eigenvalue weighted by Crippen LogP contribution is 2.31. The van der Waals surface area contributed by atoms with Crippen LogP contribution in [0, 0.1) is 3.70 Å². The molecule has 5 nitrogen and oxygen atoms in total. The first-order valence-electron chi connectivity index (χ1n) is 6.01. The molecule has 0 saturated heterocycles. The van der Waals surface area contributed by atoms with E-state index in [-0.39, 0.29) is 0 Å². The molecule has 0 bridgehead atoms. The first kappa shape index (κ1) is 15.0. The summed E-state index contributed by atoms with van der Waals surface area (Å²) in [6, 6.07) is 2.33. The van der Waals surface area contributed by atoms with Crippen LogP contribution in [-0.4, -0.2) is 26.5 Å². The van der Waals surface area contributed by atoms with Crippen LogP contribution >= 0.6 is 22.6 Å². The zero-order chi connectivity index (χ0) is 15.9. The molecule has 0 atom stereocenters. The van der Waals surface area contributed by atoms with Crippen molar-refractivity contribution < 1.29 is 17.9 Å². The second kappa shape index (κ2) is 5.38. The van der Waals surface area contributed by atoms with Crippen LogP contribution in [0.2, 0.25) is 0 Å². The number of nitrogens with zero attached hydrogens (tertiary/aromatic N) is 4. The van der Waals surface area contributed by atoms with E-state index in [2.05, 4.69) is 15.0 Å². The average Bonchev–Trinajstić information content (AvgIpc) is 2.83. The van der Waals surface area contributed by atoms with Gasteiger partial charge in [-0.2, -0.15) is 13.2 Å². The zero-order valence-electron chi connectivity index (χ0n) is 11.1. The van der Waals surface area contributed by atoms with Gasteiger partial charge in [-0.1, -0.05) is 0 Å². The first-order valence-corrected chi connectivity index (χ1v) is 7.09. The molecule has 22 heavy (non-hydrogen) atoms. The number of aromatic nitrogens is 4. The zero-order valence-corrected chi connectivity index (χ0v) is 13.3. The minimum Gasteiger partial charge on any atom is -0.480 e. The third-order valence-electron chi connectivity index (χ3n) is 2.97. The molecule has 3 aromatic heterocycles. The summed E-state index contributed by atoms with van der Waals surface area (Å²) >= 11 is 1.93. The van der Waals surface area contributed by atoms with Crippen molar-refractivity contribution in [1.82, 2.24) is 19.4 Å². The molecule has 0 amide bonds. The van der Waals surface area contributed by atoms with Crippen LogP contribution in [0.3, 0.4) is 0 Å². The van der Waals surface area contributed by atoms with Gasteiger partial charge in [0.15, 0.2) is 0 Å². The Hall–Kier alpha value is -1.91. The maximum atomic E-state index is 12.8. The van der Waals surface area contributed by atoms with Gasteiger partial charge >= 0.3 is 6.18 Å². The number of ether oxygens (including phenoxy) is 1. The predicted octanol–water partition coefficient (Wildman–Crippen LogP) is 3.42. The Balaban J connectivity index is 2.13. The molecule has 0 aliphatic rings. The molecule has 0 aliphatic heterocycles. The third-order valence-corrected chi connectivity index (χ3v) is 4.00. The summed E-state index contributed by atoms with van der Waals surface area (Å²) in [6.07, 6.45) is -0.490. The van der Waals surface area contributed by atoms with Crippen LogP contribution in [0.15, 0.2) is 30.7 Å². The molecule has 0 unspecified atom stereocenters. The maximum Gasteiger partial charge on any atom is 0.417 e. The molecule has 0 N–H and O–H groups in total.